The van der Waals surface area contributed by atoms with Gasteiger partial charge in [-0.3, -0.25) is 0 Å². The van der Waals surface area contributed by atoms with Gasteiger partial charge in [-0.05, 0) is 18.1 Å². The molecule has 8 heteroatoms. The Hall–Kier alpha value is -0.370. The van der Waals surface area contributed by atoms with E-state index in [2.05, 4.69) is 5.32 Å². The molecular formula is C14H23Cl2N3O2S. The summed E-state index contributed by atoms with van der Waals surface area (Å²) in [6.45, 7) is 4.16. The highest BCUT2D eigenvalue weighted by Gasteiger charge is 2.36. The lowest BCUT2D eigenvalue weighted by Gasteiger charge is -2.37. The van der Waals surface area contributed by atoms with Crippen molar-refractivity contribution in [3.05, 3.63) is 34.9 Å². The molecule has 1 aromatic rings. The van der Waals surface area contributed by atoms with E-state index in [1.807, 2.05) is 25.1 Å². The first kappa shape index (κ1) is 19.7. The Morgan fingerprint density at radius 2 is 2.09 bits per heavy atom. The molecule has 1 saturated heterocycles. The topological polar surface area (TPSA) is 52.7 Å². The molecule has 1 N–H and O–H groups in total. The van der Waals surface area contributed by atoms with Crippen LogP contribution in [0.3, 0.4) is 0 Å². The fourth-order valence-electron chi connectivity index (χ4n) is 2.58. The predicted octanol–water partition coefficient (Wildman–Crippen LogP) is 2.29. The van der Waals surface area contributed by atoms with Crippen molar-refractivity contribution >= 4 is 34.2 Å². The first-order valence-corrected chi connectivity index (χ1v) is 8.94. The molecule has 1 aliphatic rings. The molecule has 0 aromatic heterocycles. The van der Waals surface area contributed by atoms with Crippen LogP contribution in [0.15, 0.2) is 24.3 Å². The van der Waals surface area contributed by atoms with Gasteiger partial charge in [-0.2, -0.15) is 17.0 Å². The van der Waals surface area contributed by atoms with E-state index < -0.39 is 10.2 Å². The second-order valence-electron chi connectivity index (χ2n) is 5.18. The van der Waals surface area contributed by atoms with Crippen LogP contribution in [0.25, 0.3) is 0 Å². The molecule has 0 saturated carbocycles. The van der Waals surface area contributed by atoms with Gasteiger partial charge in [-0.25, -0.2) is 0 Å². The Morgan fingerprint density at radius 3 is 2.73 bits per heavy atom. The zero-order valence-electron chi connectivity index (χ0n) is 12.8. The summed E-state index contributed by atoms with van der Waals surface area (Å²) in [5.74, 6) is 0. The lowest BCUT2D eigenvalue weighted by atomic mass is 10.1. The minimum Gasteiger partial charge on any atom is -0.313 e. The van der Waals surface area contributed by atoms with Crippen molar-refractivity contribution in [3.63, 3.8) is 0 Å². The maximum absolute atomic E-state index is 12.8. The lowest BCUT2D eigenvalue weighted by Crippen LogP contribution is -2.52. The van der Waals surface area contributed by atoms with Gasteiger partial charge in [-0.1, -0.05) is 36.7 Å². The molecule has 1 unspecified atom stereocenters. The first-order valence-electron chi connectivity index (χ1n) is 7.16. The highest BCUT2D eigenvalue weighted by molar-refractivity contribution is 7.86. The maximum atomic E-state index is 12.8. The van der Waals surface area contributed by atoms with E-state index in [4.69, 9.17) is 11.6 Å². The molecule has 5 nitrogen and oxygen atoms in total. The summed E-state index contributed by atoms with van der Waals surface area (Å²) < 4.78 is 28.5. The van der Waals surface area contributed by atoms with Crippen LogP contribution < -0.4 is 5.32 Å². The highest BCUT2D eigenvalue weighted by atomic mass is 35.5. The van der Waals surface area contributed by atoms with Crippen molar-refractivity contribution in [2.45, 2.75) is 19.4 Å². The fraction of sp³-hybridized carbons (Fsp3) is 0.571. The molecule has 22 heavy (non-hydrogen) atoms. The zero-order chi connectivity index (χ0) is 15.5. The van der Waals surface area contributed by atoms with Gasteiger partial charge in [-0.15, -0.1) is 12.4 Å². The van der Waals surface area contributed by atoms with E-state index in [0.29, 0.717) is 31.2 Å². The minimum absolute atomic E-state index is 0. The number of halogens is 2. The van der Waals surface area contributed by atoms with Crippen molar-refractivity contribution in [3.8, 4) is 0 Å². The maximum Gasteiger partial charge on any atom is 0.282 e. The second-order valence-corrected chi connectivity index (χ2v) is 7.58. The minimum atomic E-state index is -3.47. The predicted molar refractivity (Wildman–Crippen MR) is 92.9 cm³/mol. The molecule has 0 amide bonds. The Kier molecular flexibility index (Phi) is 7.58. The van der Waals surface area contributed by atoms with Crippen LogP contribution in [0.4, 0.5) is 0 Å². The summed E-state index contributed by atoms with van der Waals surface area (Å²) in [4.78, 5) is 0. The molecule has 1 heterocycles. The molecule has 1 atom stereocenters. The van der Waals surface area contributed by atoms with E-state index in [1.165, 1.54) is 4.31 Å². The summed E-state index contributed by atoms with van der Waals surface area (Å²) in [5, 5.41) is 3.85. The molecule has 0 bridgehead atoms. The molecule has 0 aliphatic carbocycles. The van der Waals surface area contributed by atoms with Crippen LogP contribution in [0.2, 0.25) is 5.02 Å². The normalized spacial score (nSPS) is 19.9. The van der Waals surface area contributed by atoms with Crippen LogP contribution in [0.1, 0.15) is 24.9 Å². The van der Waals surface area contributed by atoms with Crippen molar-refractivity contribution in [2.75, 3.05) is 33.2 Å². The number of nitrogens with zero attached hydrogens (tertiary/aromatic N) is 2. The van der Waals surface area contributed by atoms with Crippen molar-refractivity contribution < 1.29 is 8.42 Å². The number of piperazine rings is 1. The molecule has 1 fully saturated rings. The van der Waals surface area contributed by atoms with Gasteiger partial charge in [0.25, 0.3) is 10.2 Å². The van der Waals surface area contributed by atoms with E-state index in [0.717, 1.165) is 12.0 Å². The molecule has 1 aliphatic heterocycles. The van der Waals surface area contributed by atoms with Crippen LogP contribution in [0.5, 0.6) is 0 Å². The number of hydrogen-bond donors (Lipinski definition) is 1. The largest absolute Gasteiger partial charge is 0.313 e. The standard InChI is InChI=1S/C14H22ClN3O2S.ClH/c1-3-9-17(2)21(19,20)18-10-8-16-11-14(18)12-6-4-5-7-13(12)15;/h4-7,14,16H,3,8-11H2,1-2H3;1H. The van der Waals surface area contributed by atoms with Gasteiger partial charge in [0.2, 0.25) is 0 Å². The highest BCUT2D eigenvalue weighted by Crippen LogP contribution is 2.31. The van der Waals surface area contributed by atoms with Crippen molar-refractivity contribution in [2.24, 2.45) is 0 Å². The monoisotopic (exact) mass is 367 g/mol. The van der Waals surface area contributed by atoms with E-state index >= 15 is 0 Å². The van der Waals surface area contributed by atoms with E-state index in [9.17, 15) is 8.42 Å². The SMILES string of the molecule is CCCN(C)S(=O)(=O)N1CCNCC1c1ccccc1Cl.Cl. The molecule has 0 spiro atoms. The number of rotatable bonds is 5. The number of nitrogens with one attached hydrogen (secondary N) is 1. The lowest BCUT2D eigenvalue weighted by molar-refractivity contribution is 0.252. The van der Waals surface area contributed by atoms with Gasteiger partial charge in [0.05, 0.1) is 6.04 Å². The molecule has 0 radical (unpaired) electrons. The van der Waals surface area contributed by atoms with Gasteiger partial charge >= 0.3 is 0 Å². The van der Waals surface area contributed by atoms with Crippen LogP contribution >= 0.6 is 24.0 Å². The molecule has 2 rings (SSSR count). The molecule has 1 aromatic carbocycles. The van der Waals surface area contributed by atoms with Crippen molar-refractivity contribution in [1.29, 1.82) is 0 Å². The first-order chi connectivity index (χ1) is 9.98. The summed E-state index contributed by atoms with van der Waals surface area (Å²) in [6.07, 6.45) is 0.790. The second kappa shape index (κ2) is 8.47. The van der Waals surface area contributed by atoms with Crippen molar-refractivity contribution in [1.82, 2.24) is 13.9 Å². The smallest absolute Gasteiger partial charge is 0.282 e. The van der Waals surface area contributed by atoms with Gasteiger partial charge in [0.1, 0.15) is 0 Å². The summed E-state index contributed by atoms with van der Waals surface area (Å²) in [7, 11) is -1.84. The van der Waals surface area contributed by atoms with Crippen LogP contribution in [-0.4, -0.2) is 50.3 Å². The third-order valence-corrected chi connectivity index (χ3v) is 6.03. The third-order valence-electron chi connectivity index (χ3n) is 3.69. The zero-order valence-corrected chi connectivity index (χ0v) is 15.2. The molecular weight excluding hydrogens is 345 g/mol. The van der Waals surface area contributed by atoms with E-state index in [1.54, 1.807) is 17.4 Å². The van der Waals surface area contributed by atoms with Gasteiger partial charge in [0.15, 0.2) is 0 Å². The van der Waals surface area contributed by atoms with Gasteiger partial charge in [0, 0.05) is 38.2 Å². The summed E-state index contributed by atoms with van der Waals surface area (Å²) in [6, 6.07) is 7.16. The number of benzene rings is 1. The Bertz CT molecular complexity index is 583. The van der Waals surface area contributed by atoms with Crippen LogP contribution in [-0.2, 0) is 10.2 Å². The van der Waals surface area contributed by atoms with E-state index in [-0.39, 0.29) is 18.4 Å². The number of hydrogen-bond acceptors (Lipinski definition) is 3. The Morgan fingerprint density at radius 1 is 1.41 bits per heavy atom. The summed E-state index contributed by atoms with van der Waals surface area (Å²) in [5.41, 5.74) is 0.847. The third kappa shape index (κ3) is 4.13. The average molecular weight is 368 g/mol. The fourth-order valence-corrected chi connectivity index (χ4v) is 4.45. The Labute approximate surface area is 144 Å². The van der Waals surface area contributed by atoms with Crippen LogP contribution in [0, 0.1) is 0 Å². The summed E-state index contributed by atoms with van der Waals surface area (Å²) >= 11 is 6.25. The average Bonchev–Trinajstić information content (AvgIpc) is 2.48. The Balaban J connectivity index is 0.00000242. The van der Waals surface area contributed by atoms with Gasteiger partial charge < -0.3 is 5.32 Å². The molecule has 126 valence electrons. The quantitative estimate of drug-likeness (QED) is 0.868.